The summed E-state index contributed by atoms with van der Waals surface area (Å²) in [5.74, 6) is 2.39. The first-order valence-electron chi connectivity index (χ1n) is 9.27. The van der Waals surface area contributed by atoms with Crippen LogP contribution in [0.5, 0.6) is 0 Å². The van der Waals surface area contributed by atoms with Gasteiger partial charge in [0, 0.05) is 45.3 Å². The number of morpholine rings is 1. The zero-order valence-electron chi connectivity index (χ0n) is 15.6. The van der Waals surface area contributed by atoms with Crippen molar-refractivity contribution in [2.75, 3.05) is 26.3 Å². The molecule has 0 atom stereocenters. The molecule has 1 fully saturated rings. The van der Waals surface area contributed by atoms with Crippen molar-refractivity contribution >= 4 is 15.9 Å². The van der Waals surface area contributed by atoms with Crippen LogP contribution in [0.3, 0.4) is 0 Å². The second kappa shape index (κ2) is 8.82. The Kier molecular flexibility index (Phi) is 6.44. The van der Waals surface area contributed by atoms with E-state index in [2.05, 4.69) is 21.5 Å². The van der Waals surface area contributed by atoms with Crippen molar-refractivity contribution in [3.05, 3.63) is 29.8 Å². The Balaban J connectivity index is 1.58. The zero-order chi connectivity index (χ0) is 20.0. The van der Waals surface area contributed by atoms with Gasteiger partial charge >= 0.3 is 0 Å². The number of benzene rings is 1. The molecule has 0 aliphatic carbocycles. The highest BCUT2D eigenvalue weighted by Crippen LogP contribution is 2.37. The normalized spacial score (nSPS) is 18.4. The Labute approximate surface area is 165 Å². The Morgan fingerprint density at radius 3 is 2.64 bits per heavy atom. The van der Waals surface area contributed by atoms with Gasteiger partial charge in [0.15, 0.2) is 5.66 Å². The molecule has 28 heavy (non-hydrogen) atoms. The fourth-order valence-electron chi connectivity index (χ4n) is 3.09. The molecule has 9 heteroatoms. The van der Waals surface area contributed by atoms with Gasteiger partial charge in [0.1, 0.15) is 0 Å². The number of carbonyl (C=O) groups excluding carboxylic acids is 1. The molecule has 2 aliphatic heterocycles. The molecule has 0 unspecified atom stereocenters. The molecule has 1 amide bonds. The summed E-state index contributed by atoms with van der Waals surface area (Å²) in [6, 6.07) is 6.73. The van der Waals surface area contributed by atoms with E-state index in [9.17, 15) is 13.2 Å². The Morgan fingerprint density at radius 1 is 1.25 bits per heavy atom. The average Bonchev–Trinajstić information content (AvgIpc) is 3.50. The molecule has 8 nitrogen and oxygen atoms in total. The molecule has 0 bridgehead atoms. The lowest BCUT2D eigenvalue weighted by Gasteiger charge is -2.27. The molecule has 1 N–H and O–H groups in total. The first-order valence-corrected chi connectivity index (χ1v) is 10.7. The summed E-state index contributed by atoms with van der Waals surface area (Å²) >= 11 is 0. The maximum absolute atomic E-state index is 12.9. The number of hydrogen-bond donors (Lipinski definition) is 1. The summed E-state index contributed by atoms with van der Waals surface area (Å²) < 4.78 is 32.5. The molecule has 2 heterocycles. The van der Waals surface area contributed by atoms with Crippen LogP contribution < -0.4 is 5.32 Å². The quantitative estimate of drug-likeness (QED) is 0.633. The first-order chi connectivity index (χ1) is 13.5. The van der Waals surface area contributed by atoms with Gasteiger partial charge in [-0.05, 0) is 11.6 Å². The van der Waals surface area contributed by atoms with Gasteiger partial charge in [0.2, 0.25) is 15.9 Å². The molecule has 150 valence electrons. The maximum Gasteiger partial charge on any atom is 0.243 e. The number of terminal acetylenes is 1. The largest absolute Gasteiger partial charge is 0.379 e. The summed E-state index contributed by atoms with van der Waals surface area (Å²) in [7, 11) is -3.62. The van der Waals surface area contributed by atoms with Gasteiger partial charge in [0.05, 0.1) is 18.1 Å². The van der Waals surface area contributed by atoms with Crippen molar-refractivity contribution < 1.29 is 17.9 Å². The lowest BCUT2D eigenvalue weighted by molar-refractivity contribution is -0.121. The Bertz CT molecular complexity index is 879. The van der Waals surface area contributed by atoms with E-state index in [0.29, 0.717) is 51.1 Å². The van der Waals surface area contributed by atoms with Crippen LogP contribution in [0.2, 0.25) is 0 Å². The predicted molar refractivity (Wildman–Crippen MR) is 103 cm³/mol. The number of amides is 1. The monoisotopic (exact) mass is 404 g/mol. The number of nitrogens with one attached hydrogen (secondary N) is 1. The smallest absolute Gasteiger partial charge is 0.243 e. The van der Waals surface area contributed by atoms with Gasteiger partial charge in [-0.3, -0.25) is 4.79 Å². The van der Waals surface area contributed by atoms with Crippen LogP contribution in [0.15, 0.2) is 39.4 Å². The van der Waals surface area contributed by atoms with Crippen LogP contribution in [-0.4, -0.2) is 50.6 Å². The predicted octanol–water partition coefficient (Wildman–Crippen LogP) is 1.68. The van der Waals surface area contributed by atoms with E-state index in [4.69, 9.17) is 11.2 Å². The average molecular weight is 404 g/mol. The van der Waals surface area contributed by atoms with Crippen LogP contribution in [0, 0.1) is 12.3 Å². The summed E-state index contributed by atoms with van der Waals surface area (Å²) in [6.07, 6.45) is 7.25. The topological polar surface area (TPSA) is 100 Å². The van der Waals surface area contributed by atoms with Gasteiger partial charge in [-0.2, -0.15) is 14.5 Å². The van der Waals surface area contributed by atoms with Gasteiger partial charge in [-0.25, -0.2) is 8.42 Å². The highest BCUT2D eigenvalue weighted by Gasteiger charge is 2.39. The van der Waals surface area contributed by atoms with Crippen molar-refractivity contribution in [1.82, 2.24) is 9.62 Å². The minimum Gasteiger partial charge on any atom is -0.379 e. The fraction of sp³-hybridized carbons (Fsp3) is 0.526. The third-order valence-corrected chi connectivity index (χ3v) is 6.84. The molecule has 1 aromatic carbocycles. The SMILES string of the molecule is C#CCCC1(CCC(=O)NCc2ccccc2S(=O)(=O)N2CCOCC2)N=N1. The number of carbonyl (C=O) groups is 1. The van der Waals surface area contributed by atoms with Gasteiger partial charge in [-0.1, -0.05) is 18.2 Å². The molecule has 2 aliphatic rings. The Morgan fingerprint density at radius 2 is 1.96 bits per heavy atom. The highest BCUT2D eigenvalue weighted by molar-refractivity contribution is 7.89. The van der Waals surface area contributed by atoms with Gasteiger partial charge in [0.25, 0.3) is 0 Å². The third-order valence-electron chi connectivity index (χ3n) is 4.84. The Hall–Kier alpha value is -2.28. The molecule has 0 radical (unpaired) electrons. The van der Waals surface area contributed by atoms with Crippen LogP contribution in [0.1, 0.15) is 31.2 Å². The summed E-state index contributed by atoms with van der Waals surface area (Å²) in [5.41, 5.74) is 0.0616. The molecular weight excluding hydrogens is 380 g/mol. The van der Waals surface area contributed by atoms with E-state index < -0.39 is 15.7 Å². The maximum atomic E-state index is 12.9. The van der Waals surface area contributed by atoms with E-state index in [1.54, 1.807) is 24.3 Å². The van der Waals surface area contributed by atoms with Crippen molar-refractivity contribution in [3.8, 4) is 12.3 Å². The molecule has 1 saturated heterocycles. The molecule has 0 spiro atoms. The second-order valence-corrected chi connectivity index (χ2v) is 8.69. The molecule has 1 aromatic rings. The number of nitrogens with zero attached hydrogens (tertiary/aromatic N) is 3. The van der Waals surface area contributed by atoms with E-state index in [1.807, 2.05) is 0 Å². The second-order valence-electron chi connectivity index (χ2n) is 6.79. The van der Waals surface area contributed by atoms with E-state index in [0.717, 1.165) is 0 Å². The van der Waals surface area contributed by atoms with Crippen molar-refractivity contribution in [3.63, 3.8) is 0 Å². The third kappa shape index (κ3) is 4.95. The molecule has 0 aromatic heterocycles. The summed E-state index contributed by atoms with van der Waals surface area (Å²) in [5, 5.41) is 10.8. The first kappa shape index (κ1) is 20.5. The lowest BCUT2D eigenvalue weighted by Crippen LogP contribution is -2.41. The zero-order valence-corrected chi connectivity index (χ0v) is 16.5. The van der Waals surface area contributed by atoms with E-state index in [1.165, 1.54) is 4.31 Å². The number of sulfonamides is 1. The van der Waals surface area contributed by atoms with Crippen LogP contribution in [0.25, 0.3) is 0 Å². The van der Waals surface area contributed by atoms with Crippen molar-refractivity contribution in [2.45, 2.75) is 42.8 Å². The molecule has 0 saturated carbocycles. The van der Waals surface area contributed by atoms with Crippen LogP contribution >= 0.6 is 0 Å². The van der Waals surface area contributed by atoms with Crippen molar-refractivity contribution in [2.24, 2.45) is 10.2 Å². The molecular formula is C19H24N4O4S. The number of rotatable bonds is 9. The molecule has 3 rings (SSSR count). The van der Waals surface area contributed by atoms with Gasteiger partial charge < -0.3 is 10.1 Å². The van der Waals surface area contributed by atoms with Crippen LogP contribution in [0.4, 0.5) is 0 Å². The van der Waals surface area contributed by atoms with Gasteiger partial charge in [-0.15, -0.1) is 12.3 Å². The highest BCUT2D eigenvalue weighted by atomic mass is 32.2. The number of hydrogen-bond acceptors (Lipinski definition) is 6. The number of ether oxygens (including phenoxy) is 1. The standard InChI is InChI=1S/C19H24N4O4S/c1-2-3-9-19(21-22-19)10-8-18(24)20-15-16-6-4-5-7-17(16)28(25,26)23-11-13-27-14-12-23/h1,4-7H,3,8-15H2,(H,20,24). The summed E-state index contributed by atoms with van der Waals surface area (Å²) in [4.78, 5) is 12.4. The van der Waals surface area contributed by atoms with E-state index in [-0.39, 0.29) is 23.8 Å². The lowest BCUT2D eigenvalue weighted by atomic mass is 10.0. The van der Waals surface area contributed by atoms with E-state index >= 15 is 0 Å². The van der Waals surface area contributed by atoms with Crippen molar-refractivity contribution in [1.29, 1.82) is 0 Å². The van der Waals surface area contributed by atoms with Crippen LogP contribution in [-0.2, 0) is 26.1 Å². The minimum absolute atomic E-state index is 0.143. The fourth-order valence-corrected chi connectivity index (χ4v) is 4.72. The minimum atomic E-state index is -3.62. The summed E-state index contributed by atoms with van der Waals surface area (Å²) in [6.45, 7) is 1.57.